The molecule has 2 aromatic carbocycles. The number of nitrogens with zero attached hydrogens (tertiary/aromatic N) is 2. The second-order valence-corrected chi connectivity index (χ2v) is 7.70. The Balaban J connectivity index is 1.58. The van der Waals surface area contributed by atoms with Gasteiger partial charge in [-0.05, 0) is 30.2 Å². The highest BCUT2D eigenvalue weighted by Crippen LogP contribution is 2.19. The zero-order valence-electron chi connectivity index (χ0n) is 17.8. The second-order valence-electron chi connectivity index (χ2n) is 7.70. The third-order valence-electron chi connectivity index (χ3n) is 5.14. The molecule has 4 aromatic rings. The first-order chi connectivity index (χ1) is 15.6. The number of H-pyrrole nitrogens is 1. The lowest BCUT2D eigenvalue weighted by molar-refractivity contribution is -0.121. The van der Waals surface area contributed by atoms with E-state index in [2.05, 4.69) is 20.3 Å². The van der Waals surface area contributed by atoms with Gasteiger partial charge in [-0.3, -0.25) is 14.6 Å². The Labute approximate surface area is 186 Å². The van der Waals surface area contributed by atoms with E-state index < -0.39 is 0 Å². The molecule has 2 aromatic heterocycles. The van der Waals surface area contributed by atoms with Gasteiger partial charge in [-0.1, -0.05) is 66.2 Å². The molecule has 0 aliphatic carbocycles. The van der Waals surface area contributed by atoms with E-state index in [1.54, 1.807) is 18.3 Å². The highest BCUT2D eigenvalue weighted by molar-refractivity contribution is 5.79. The van der Waals surface area contributed by atoms with Gasteiger partial charge >= 0.3 is 0 Å². The van der Waals surface area contributed by atoms with Gasteiger partial charge in [0.15, 0.2) is 5.82 Å². The molecule has 32 heavy (non-hydrogen) atoms. The monoisotopic (exact) mass is 424 g/mol. The molecule has 6 nitrogen and oxygen atoms in total. The van der Waals surface area contributed by atoms with E-state index in [9.17, 15) is 9.59 Å². The molecule has 0 saturated carbocycles. The summed E-state index contributed by atoms with van der Waals surface area (Å²) in [5.41, 5.74) is 3.97. The summed E-state index contributed by atoms with van der Waals surface area (Å²) < 4.78 is 0. The van der Waals surface area contributed by atoms with Crippen molar-refractivity contribution in [1.29, 1.82) is 0 Å². The predicted molar refractivity (Wildman–Crippen MR) is 124 cm³/mol. The van der Waals surface area contributed by atoms with Crippen molar-refractivity contribution < 1.29 is 4.79 Å². The van der Waals surface area contributed by atoms with Gasteiger partial charge in [0.2, 0.25) is 5.91 Å². The van der Waals surface area contributed by atoms with E-state index >= 15 is 0 Å². The van der Waals surface area contributed by atoms with Crippen LogP contribution in [0.25, 0.3) is 11.5 Å². The number of pyridine rings is 1. The molecule has 0 spiro atoms. The van der Waals surface area contributed by atoms with Crippen molar-refractivity contribution in [2.75, 3.05) is 0 Å². The summed E-state index contributed by atoms with van der Waals surface area (Å²) in [6.45, 7) is 2.02. The second kappa shape index (κ2) is 9.83. The maximum Gasteiger partial charge on any atom is 0.251 e. The van der Waals surface area contributed by atoms with E-state index in [1.165, 1.54) is 6.07 Å². The van der Waals surface area contributed by atoms with Gasteiger partial charge in [0.25, 0.3) is 5.56 Å². The average molecular weight is 425 g/mol. The summed E-state index contributed by atoms with van der Waals surface area (Å²) in [7, 11) is 0. The number of hydrogen-bond donors (Lipinski definition) is 2. The van der Waals surface area contributed by atoms with Gasteiger partial charge in [0.05, 0.1) is 18.2 Å². The highest BCUT2D eigenvalue weighted by atomic mass is 16.1. The molecule has 0 radical (unpaired) electrons. The van der Waals surface area contributed by atoms with Crippen LogP contribution in [0.15, 0.2) is 89.9 Å². The molecule has 0 aliphatic rings. The molecule has 1 atom stereocenters. The van der Waals surface area contributed by atoms with Crippen molar-refractivity contribution in [1.82, 2.24) is 20.3 Å². The lowest BCUT2D eigenvalue weighted by Gasteiger charge is -2.19. The summed E-state index contributed by atoms with van der Waals surface area (Å²) in [6, 6.07) is 24.2. The molecular formula is C26H24N4O2. The molecule has 6 heteroatoms. The van der Waals surface area contributed by atoms with Crippen molar-refractivity contribution >= 4 is 5.91 Å². The van der Waals surface area contributed by atoms with Crippen LogP contribution in [0, 0.1) is 6.92 Å². The van der Waals surface area contributed by atoms with Gasteiger partial charge in [-0.15, -0.1) is 0 Å². The SMILES string of the molecule is Cc1ccc(CC(=O)N[C@@H](Cc2cc(=O)[nH]c(-c3ccccn3)n2)c2ccccc2)cc1. The Morgan fingerprint density at radius 1 is 1.00 bits per heavy atom. The highest BCUT2D eigenvalue weighted by Gasteiger charge is 2.17. The number of aryl methyl sites for hydroxylation is 1. The molecule has 1 amide bonds. The zero-order chi connectivity index (χ0) is 22.3. The summed E-state index contributed by atoms with van der Waals surface area (Å²) in [5.74, 6) is 0.323. The summed E-state index contributed by atoms with van der Waals surface area (Å²) >= 11 is 0. The van der Waals surface area contributed by atoms with Gasteiger partial charge < -0.3 is 10.3 Å². The van der Waals surface area contributed by atoms with Crippen LogP contribution in [0.5, 0.6) is 0 Å². The fourth-order valence-corrected chi connectivity index (χ4v) is 3.52. The number of aromatic amines is 1. The van der Waals surface area contributed by atoms with Crippen LogP contribution in [0.1, 0.15) is 28.4 Å². The number of rotatable bonds is 7. The average Bonchev–Trinajstić information content (AvgIpc) is 2.81. The number of carbonyl (C=O) groups is 1. The largest absolute Gasteiger partial charge is 0.349 e. The summed E-state index contributed by atoms with van der Waals surface area (Å²) in [5, 5.41) is 3.12. The molecule has 4 rings (SSSR count). The summed E-state index contributed by atoms with van der Waals surface area (Å²) in [6.07, 6.45) is 2.32. The predicted octanol–water partition coefficient (Wildman–Crippen LogP) is 3.78. The Morgan fingerprint density at radius 3 is 2.47 bits per heavy atom. The topological polar surface area (TPSA) is 87.7 Å². The zero-order valence-corrected chi connectivity index (χ0v) is 17.8. The molecule has 0 saturated heterocycles. The van der Waals surface area contributed by atoms with Gasteiger partial charge in [-0.25, -0.2) is 4.98 Å². The molecule has 0 fully saturated rings. The van der Waals surface area contributed by atoms with Crippen LogP contribution in [0.4, 0.5) is 0 Å². The van der Waals surface area contributed by atoms with Gasteiger partial charge in [0.1, 0.15) is 5.69 Å². The maximum atomic E-state index is 12.8. The minimum Gasteiger partial charge on any atom is -0.349 e. The van der Waals surface area contributed by atoms with Crippen molar-refractivity contribution in [3.63, 3.8) is 0 Å². The van der Waals surface area contributed by atoms with Gasteiger partial charge in [-0.2, -0.15) is 0 Å². The van der Waals surface area contributed by atoms with E-state index in [1.807, 2.05) is 67.6 Å². The van der Waals surface area contributed by atoms with Crippen LogP contribution in [-0.4, -0.2) is 20.9 Å². The number of amides is 1. The van der Waals surface area contributed by atoms with Crippen LogP contribution in [0.3, 0.4) is 0 Å². The van der Waals surface area contributed by atoms with Crippen LogP contribution in [0.2, 0.25) is 0 Å². The third kappa shape index (κ3) is 5.55. The van der Waals surface area contributed by atoms with Crippen LogP contribution in [-0.2, 0) is 17.6 Å². The number of carbonyl (C=O) groups excluding carboxylic acids is 1. The Bertz CT molecular complexity index is 1240. The number of aromatic nitrogens is 3. The number of benzene rings is 2. The van der Waals surface area contributed by atoms with Crippen molar-refractivity contribution in [2.45, 2.75) is 25.8 Å². The van der Waals surface area contributed by atoms with E-state index in [0.717, 1.165) is 16.7 Å². The number of nitrogens with one attached hydrogen (secondary N) is 2. The van der Waals surface area contributed by atoms with E-state index in [-0.39, 0.29) is 23.9 Å². The van der Waals surface area contributed by atoms with Crippen LogP contribution >= 0.6 is 0 Å². The molecule has 160 valence electrons. The minimum absolute atomic E-state index is 0.0857. The maximum absolute atomic E-state index is 12.8. The normalized spacial score (nSPS) is 11.7. The molecule has 0 aliphatic heterocycles. The van der Waals surface area contributed by atoms with Gasteiger partial charge in [0, 0.05) is 18.7 Å². The molecule has 0 unspecified atom stereocenters. The standard InChI is InChI=1S/C26H24N4O2/c1-18-10-12-19(13-11-18)15-24(31)29-23(20-7-3-2-4-8-20)16-21-17-25(32)30-26(28-21)22-9-5-6-14-27-22/h2-14,17,23H,15-16H2,1H3,(H,29,31)(H,28,30,32)/t23-/m0/s1. The fourth-order valence-electron chi connectivity index (χ4n) is 3.52. The Hall–Kier alpha value is -4.06. The molecular weight excluding hydrogens is 400 g/mol. The molecule has 2 N–H and O–H groups in total. The van der Waals surface area contributed by atoms with Crippen molar-refractivity contribution in [3.05, 3.63) is 118 Å². The van der Waals surface area contributed by atoms with E-state index in [4.69, 9.17) is 0 Å². The lowest BCUT2D eigenvalue weighted by Crippen LogP contribution is -2.31. The quantitative estimate of drug-likeness (QED) is 0.473. The smallest absolute Gasteiger partial charge is 0.251 e. The first-order valence-electron chi connectivity index (χ1n) is 10.5. The Morgan fingerprint density at radius 2 is 1.75 bits per heavy atom. The number of hydrogen-bond acceptors (Lipinski definition) is 4. The molecule has 2 heterocycles. The first-order valence-corrected chi connectivity index (χ1v) is 10.5. The van der Waals surface area contributed by atoms with Crippen molar-refractivity contribution in [3.8, 4) is 11.5 Å². The third-order valence-corrected chi connectivity index (χ3v) is 5.14. The molecule has 0 bridgehead atoms. The van der Waals surface area contributed by atoms with Crippen molar-refractivity contribution in [2.24, 2.45) is 0 Å². The fraction of sp³-hybridized carbons (Fsp3) is 0.154. The van der Waals surface area contributed by atoms with Crippen LogP contribution < -0.4 is 10.9 Å². The summed E-state index contributed by atoms with van der Waals surface area (Å²) in [4.78, 5) is 36.7. The lowest BCUT2D eigenvalue weighted by atomic mass is 10.0. The minimum atomic E-state index is -0.319. The van der Waals surface area contributed by atoms with E-state index in [0.29, 0.717) is 23.6 Å². The Kier molecular flexibility index (Phi) is 6.51. The first kappa shape index (κ1) is 21.2.